The molecule has 5 nitrogen and oxygen atoms in total. The number of rotatable bonds is 5. The average molecular weight is 381 g/mol. The van der Waals surface area contributed by atoms with E-state index < -0.39 is 35.6 Å². The summed E-state index contributed by atoms with van der Waals surface area (Å²) in [5.41, 5.74) is -1.56. The van der Waals surface area contributed by atoms with Crippen LogP contribution in [-0.2, 0) is 16.8 Å². The first-order chi connectivity index (χ1) is 12.7. The van der Waals surface area contributed by atoms with Gasteiger partial charge in [-0.05, 0) is 24.0 Å². The van der Waals surface area contributed by atoms with Crippen LogP contribution >= 0.6 is 0 Å². The van der Waals surface area contributed by atoms with Gasteiger partial charge in [-0.15, -0.1) is 0 Å². The number of hydrogen-bond donors (Lipinski definition) is 3. The molecule has 0 saturated carbocycles. The maximum Gasteiger partial charge on any atom is 0.422 e. The van der Waals surface area contributed by atoms with Crippen LogP contribution in [0, 0.1) is 0 Å². The zero-order valence-corrected chi connectivity index (χ0v) is 15.2. The van der Waals surface area contributed by atoms with E-state index in [-0.39, 0.29) is 11.5 Å². The summed E-state index contributed by atoms with van der Waals surface area (Å²) < 4.78 is 40.8. The van der Waals surface area contributed by atoms with Gasteiger partial charge in [0.05, 0.1) is 17.7 Å². The smallest absolute Gasteiger partial charge is 0.376 e. The van der Waals surface area contributed by atoms with Gasteiger partial charge in [0, 0.05) is 5.92 Å². The number of nitrogens with one attached hydrogen (secondary N) is 2. The number of hydrogen-bond acceptors (Lipinski definition) is 3. The normalized spacial score (nSPS) is 20.9. The van der Waals surface area contributed by atoms with Crippen molar-refractivity contribution in [1.29, 1.82) is 0 Å². The van der Waals surface area contributed by atoms with Crippen LogP contribution in [0.5, 0.6) is 0 Å². The maximum absolute atomic E-state index is 13.6. The lowest BCUT2D eigenvalue weighted by Crippen LogP contribution is -2.48. The lowest BCUT2D eigenvalue weighted by Gasteiger charge is -2.34. The Morgan fingerprint density at radius 3 is 2.56 bits per heavy atom. The van der Waals surface area contributed by atoms with Crippen LogP contribution in [0.2, 0.25) is 0 Å². The zero-order chi connectivity index (χ0) is 19.8. The molecule has 2 unspecified atom stereocenters. The van der Waals surface area contributed by atoms with Gasteiger partial charge in [-0.2, -0.15) is 18.3 Å². The minimum absolute atomic E-state index is 0.145. The summed E-state index contributed by atoms with van der Waals surface area (Å²) in [6, 6.07) is 7.66. The lowest BCUT2D eigenvalue weighted by atomic mass is 9.82. The maximum atomic E-state index is 13.6. The fourth-order valence-electron chi connectivity index (χ4n) is 3.44. The van der Waals surface area contributed by atoms with Gasteiger partial charge in [0.25, 0.3) is 0 Å². The van der Waals surface area contributed by atoms with E-state index in [1.807, 2.05) is 24.3 Å². The molecule has 3 rings (SSSR count). The van der Waals surface area contributed by atoms with E-state index in [1.165, 1.54) is 5.56 Å². The summed E-state index contributed by atoms with van der Waals surface area (Å²) >= 11 is 0. The predicted octanol–water partition coefficient (Wildman–Crippen LogP) is 4.00. The first kappa shape index (κ1) is 19.4. The number of aromatic amines is 1. The second kappa shape index (κ2) is 6.99. The van der Waals surface area contributed by atoms with Crippen molar-refractivity contribution in [2.75, 3.05) is 5.32 Å². The Kier molecular flexibility index (Phi) is 5.03. The minimum atomic E-state index is -5.00. The number of H-pyrrole nitrogens is 1. The predicted molar refractivity (Wildman–Crippen MR) is 94.4 cm³/mol. The molecule has 146 valence electrons. The molecule has 2 atom stereocenters. The molecule has 0 radical (unpaired) electrons. The summed E-state index contributed by atoms with van der Waals surface area (Å²) in [6.45, 7) is 3.85. The molecule has 1 aromatic heterocycles. The van der Waals surface area contributed by atoms with Crippen LogP contribution in [0.3, 0.4) is 0 Å². The van der Waals surface area contributed by atoms with Crippen molar-refractivity contribution in [2.24, 2.45) is 0 Å². The Balaban J connectivity index is 1.98. The highest BCUT2D eigenvalue weighted by Gasteiger charge is 2.60. The SMILES string of the molecule is CCCCc1ccc(C(C)c2[nH]nc3c2C(O)(C(F)(F)F)CC(=O)N3)cc1. The number of carbonyl (C=O) groups excluding carboxylic acids is 1. The molecule has 1 amide bonds. The summed E-state index contributed by atoms with van der Waals surface area (Å²) in [5, 5.41) is 19.1. The molecule has 1 aliphatic rings. The summed E-state index contributed by atoms with van der Waals surface area (Å²) in [6.07, 6.45) is -2.98. The zero-order valence-electron chi connectivity index (χ0n) is 15.2. The van der Waals surface area contributed by atoms with E-state index in [1.54, 1.807) is 6.92 Å². The molecular formula is C19H22F3N3O2. The number of amides is 1. The monoisotopic (exact) mass is 381 g/mol. The molecular weight excluding hydrogens is 359 g/mol. The lowest BCUT2D eigenvalue weighted by molar-refractivity contribution is -0.267. The van der Waals surface area contributed by atoms with Gasteiger partial charge in [-0.25, -0.2) is 0 Å². The number of aliphatic hydroxyl groups is 1. The number of benzene rings is 1. The molecule has 2 aromatic rings. The van der Waals surface area contributed by atoms with E-state index in [0.717, 1.165) is 24.8 Å². The van der Waals surface area contributed by atoms with Crippen molar-refractivity contribution < 1.29 is 23.1 Å². The van der Waals surface area contributed by atoms with Crippen LogP contribution in [-0.4, -0.2) is 27.4 Å². The number of aromatic nitrogens is 2. The quantitative estimate of drug-likeness (QED) is 0.733. The highest BCUT2D eigenvalue weighted by molar-refractivity contribution is 5.94. The van der Waals surface area contributed by atoms with Crippen molar-refractivity contribution in [3.05, 3.63) is 46.6 Å². The number of halogens is 3. The molecule has 0 aliphatic carbocycles. The molecule has 1 aliphatic heterocycles. The Morgan fingerprint density at radius 1 is 1.30 bits per heavy atom. The van der Waals surface area contributed by atoms with E-state index in [4.69, 9.17) is 0 Å². The second-order valence-electron chi connectivity index (χ2n) is 7.01. The van der Waals surface area contributed by atoms with E-state index in [9.17, 15) is 23.1 Å². The van der Waals surface area contributed by atoms with E-state index in [2.05, 4.69) is 22.4 Å². The number of fused-ring (bicyclic) bond motifs is 1. The van der Waals surface area contributed by atoms with Crippen molar-refractivity contribution in [2.45, 2.75) is 57.2 Å². The number of nitrogens with zero attached hydrogens (tertiary/aromatic N) is 1. The highest BCUT2D eigenvalue weighted by Crippen LogP contribution is 2.49. The molecule has 2 heterocycles. The summed E-state index contributed by atoms with van der Waals surface area (Å²) in [4.78, 5) is 11.6. The van der Waals surface area contributed by atoms with E-state index in [0.29, 0.717) is 0 Å². The largest absolute Gasteiger partial charge is 0.422 e. The highest BCUT2D eigenvalue weighted by atomic mass is 19.4. The first-order valence-corrected chi connectivity index (χ1v) is 8.94. The molecule has 0 saturated heterocycles. The third kappa shape index (κ3) is 3.45. The standard InChI is InChI=1S/C19H22F3N3O2/c1-3-4-5-12-6-8-13(9-7-12)11(2)16-15-17(25-24-16)23-14(26)10-18(15,27)19(20,21)22/h6-9,11,27H,3-5,10H2,1-2H3,(H2,23,24,25,26). The molecule has 0 spiro atoms. The van der Waals surface area contributed by atoms with Crippen LogP contribution in [0.4, 0.5) is 19.0 Å². The van der Waals surface area contributed by atoms with Crippen molar-refractivity contribution >= 4 is 11.7 Å². The van der Waals surface area contributed by atoms with Gasteiger partial charge in [0.15, 0.2) is 11.4 Å². The molecule has 0 bridgehead atoms. The van der Waals surface area contributed by atoms with Crippen LogP contribution in [0.25, 0.3) is 0 Å². The van der Waals surface area contributed by atoms with Crippen LogP contribution in [0.15, 0.2) is 24.3 Å². The summed E-state index contributed by atoms with van der Waals surface area (Å²) in [7, 11) is 0. The minimum Gasteiger partial charge on any atom is -0.376 e. The van der Waals surface area contributed by atoms with Crippen molar-refractivity contribution in [3.63, 3.8) is 0 Å². The first-order valence-electron chi connectivity index (χ1n) is 8.94. The van der Waals surface area contributed by atoms with Crippen molar-refractivity contribution in [3.8, 4) is 0 Å². The van der Waals surface area contributed by atoms with Gasteiger partial charge < -0.3 is 10.4 Å². The Bertz CT molecular complexity index is 830. The fraction of sp³-hybridized carbons (Fsp3) is 0.474. The van der Waals surface area contributed by atoms with Crippen molar-refractivity contribution in [1.82, 2.24) is 10.2 Å². The number of alkyl halides is 3. The second-order valence-corrected chi connectivity index (χ2v) is 7.01. The number of anilines is 1. The van der Waals surface area contributed by atoms with E-state index >= 15 is 0 Å². The van der Waals surface area contributed by atoms with Gasteiger partial charge in [-0.1, -0.05) is 44.5 Å². The average Bonchev–Trinajstić information content (AvgIpc) is 3.03. The topological polar surface area (TPSA) is 78.0 Å². The van der Waals surface area contributed by atoms with Gasteiger partial charge >= 0.3 is 6.18 Å². The molecule has 27 heavy (non-hydrogen) atoms. The van der Waals surface area contributed by atoms with Crippen LogP contribution in [0.1, 0.15) is 61.4 Å². The number of unbranched alkanes of at least 4 members (excludes halogenated alkanes) is 1. The Hall–Kier alpha value is -2.35. The third-order valence-electron chi connectivity index (χ3n) is 5.08. The van der Waals surface area contributed by atoms with Gasteiger partial charge in [0.1, 0.15) is 0 Å². The number of carbonyl (C=O) groups is 1. The fourth-order valence-corrected chi connectivity index (χ4v) is 3.44. The molecule has 0 fully saturated rings. The Morgan fingerprint density at radius 2 is 1.96 bits per heavy atom. The van der Waals surface area contributed by atoms with Gasteiger partial charge in [-0.3, -0.25) is 9.89 Å². The third-order valence-corrected chi connectivity index (χ3v) is 5.08. The molecule has 8 heteroatoms. The molecule has 3 N–H and O–H groups in total. The van der Waals surface area contributed by atoms with Gasteiger partial charge in [0.2, 0.25) is 5.91 Å². The van der Waals surface area contributed by atoms with Crippen LogP contribution < -0.4 is 5.32 Å². The number of aryl methyl sites for hydroxylation is 1. The summed E-state index contributed by atoms with van der Waals surface area (Å²) in [5.74, 6) is -1.66. The molecule has 1 aromatic carbocycles. The Labute approximate surface area is 155 Å².